The highest BCUT2D eigenvalue weighted by Crippen LogP contribution is 2.44. The number of nitrogens with one attached hydrogen (secondary N) is 1. The van der Waals surface area contributed by atoms with Crippen molar-refractivity contribution in [3.05, 3.63) is 132 Å². The van der Waals surface area contributed by atoms with Crippen LogP contribution in [0.1, 0.15) is 5.56 Å². The minimum atomic E-state index is 0.619. The van der Waals surface area contributed by atoms with Gasteiger partial charge < -0.3 is 0 Å². The number of benzene rings is 4. The summed E-state index contributed by atoms with van der Waals surface area (Å²) in [6.45, 7) is 0. The molecule has 5 nitrogen and oxygen atoms in total. The summed E-state index contributed by atoms with van der Waals surface area (Å²) in [5.41, 5.74) is 9.96. The quantitative estimate of drug-likeness (QED) is 0.187. The molecule has 37 heavy (non-hydrogen) atoms. The van der Waals surface area contributed by atoms with Gasteiger partial charge in [0.25, 0.3) is 0 Å². The summed E-state index contributed by atoms with van der Waals surface area (Å²) >= 11 is 6.45. The Kier molecular flexibility index (Phi) is 6.19. The summed E-state index contributed by atoms with van der Waals surface area (Å²) < 4.78 is 2.15. The van der Waals surface area contributed by atoms with E-state index in [4.69, 9.17) is 16.6 Å². The topological polar surface area (TPSA) is 55.1 Å². The highest BCUT2D eigenvalue weighted by atomic mass is 35.5. The summed E-state index contributed by atoms with van der Waals surface area (Å²) in [7, 11) is 0. The molecule has 0 saturated heterocycles. The number of halogens is 1. The molecule has 2 aromatic heterocycles. The van der Waals surface area contributed by atoms with Crippen LogP contribution in [0.2, 0.25) is 5.02 Å². The summed E-state index contributed by atoms with van der Waals surface area (Å²) in [6.07, 6.45) is 3.34. The van der Waals surface area contributed by atoms with E-state index >= 15 is 0 Å². The Morgan fingerprint density at radius 3 is 2.11 bits per heavy atom. The first kappa shape index (κ1) is 22.7. The van der Waals surface area contributed by atoms with Crippen LogP contribution in [-0.4, -0.2) is 20.7 Å². The molecule has 0 amide bonds. The van der Waals surface area contributed by atoms with Gasteiger partial charge in [-0.15, -0.1) is 0 Å². The third-order valence-electron chi connectivity index (χ3n) is 6.11. The molecule has 6 rings (SSSR count). The van der Waals surface area contributed by atoms with Gasteiger partial charge in [-0.25, -0.2) is 9.97 Å². The van der Waals surface area contributed by atoms with E-state index in [2.05, 4.69) is 44.3 Å². The van der Waals surface area contributed by atoms with Gasteiger partial charge >= 0.3 is 0 Å². The first-order chi connectivity index (χ1) is 18.3. The number of hydrazone groups is 1. The Bertz CT molecular complexity index is 1690. The highest BCUT2D eigenvalue weighted by molar-refractivity contribution is 6.30. The summed E-state index contributed by atoms with van der Waals surface area (Å²) in [4.78, 5) is 9.37. The van der Waals surface area contributed by atoms with E-state index in [9.17, 15) is 0 Å². The molecule has 0 unspecified atom stereocenters. The lowest BCUT2D eigenvalue weighted by atomic mass is 9.99. The largest absolute Gasteiger partial charge is 0.293 e. The SMILES string of the molecule is Clc1cccc(-n2c(-c3ccccc3)c(-c3ccccc3)c3c(N/N=C/c4ccccc4)ncnc32)c1. The third-order valence-corrected chi connectivity index (χ3v) is 6.34. The fourth-order valence-electron chi connectivity index (χ4n) is 4.53. The fourth-order valence-corrected chi connectivity index (χ4v) is 4.71. The Morgan fingerprint density at radius 1 is 0.730 bits per heavy atom. The molecule has 178 valence electrons. The molecule has 4 aromatic carbocycles. The van der Waals surface area contributed by atoms with Crippen molar-refractivity contribution in [2.75, 3.05) is 5.43 Å². The predicted molar refractivity (Wildman–Crippen MR) is 152 cm³/mol. The van der Waals surface area contributed by atoms with Crippen LogP contribution in [0.25, 0.3) is 39.1 Å². The normalized spacial score (nSPS) is 11.3. The van der Waals surface area contributed by atoms with E-state index in [1.54, 1.807) is 12.5 Å². The van der Waals surface area contributed by atoms with Crippen molar-refractivity contribution in [1.29, 1.82) is 0 Å². The van der Waals surface area contributed by atoms with Crippen LogP contribution in [0, 0.1) is 0 Å². The van der Waals surface area contributed by atoms with Crippen LogP contribution >= 0.6 is 11.6 Å². The van der Waals surface area contributed by atoms with Gasteiger partial charge in [-0.3, -0.25) is 9.99 Å². The molecular formula is C31H22ClN5. The lowest BCUT2D eigenvalue weighted by Crippen LogP contribution is -2.00. The minimum absolute atomic E-state index is 0.619. The van der Waals surface area contributed by atoms with Crippen LogP contribution in [-0.2, 0) is 0 Å². The van der Waals surface area contributed by atoms with Crippen LogP contribution in [0.5, 0.6) is 0 Å². The van der Waals surface area contributed by atoms with E-state index in [1.807, 2.05) is 91.0 Å². The van der Waals surface area contributed by atoms with Gasteiger partial charge in [-0.05, 0) is 34.9 Å². The van der Waals surface area contributed by atoms with E-state index in [0.29, 0.717) is 10.8 Å². The number of anilines is 1. The first-order valence-electron chi connectivity index (χ1n) is 11.9. The van der Waals surface area contributed by atoms with Crippen LogP contribution in [0.15, 0.2) is 127 Å². The average Bonchev–Trinajstić information content (AvgIpc) is 3.31. The van der Waals surface area contributed by atoms with Crippen molar-refractivity contribution < 1.29 is 0 Å². The smallest absolute Gasteiger partial charge is 0.159 e. The highest BCUT2D eigenvalue weighted by Gasteiger charge is 2.25. The molecule has 1 N–H and O–H groups in total. The number of aromatic nitrogens is 3. The van der Waals surface area contributed by atoms with Gasteiger partial charge in [0, 0.05) is 16.3 Å². The van der Waals surface area contributed by atoms with Gasteiger partial charge in [0.1, 0.15) is 6.33 Å². The van der Waals surface area contributed by atoms with E-state index in [1.165, 1.54) is 0 Å². The first-order valence-corrected chi connectivity index (χ1v) is 12.3. The molecule has 0 fully saturated rings. The molecule has 0 atom stereocenters. The van der Waals surface area contributed by atoms with Crippen molar-refractivity contribution in [2.24, 2.45) is 5.10 Å². The van der Waals surface area contributed by atoms with Crippen molar-refractivity contribution >= 4 is 34.7 Å². The minimum Gasteiger partial charge on any atom is -0.293 e. The fraction of sp³-hybridized carbons (Fsp3) is 0. The molecule has 6 heteroatoms. The standard InChI is InChI=1S/C31H22ClN5/c32-25-17-10-18-26(19-25)37-29(24-15-8-3-9-16-24)27(23-13-6-2-7-14-23)28-30(33-21-34-31(28)37)36-35-20-22-11-4-1-5-12-22/h1-21H,(H,33,34,36)/b35-20+. The Balaban J connectivity index is 1.66. The monoisotopic (exact) mass is 499 g/mol. The molecule has 6 aromatic rings. The molecule has 0 radical (unpaired) electrons. The second kappa shape index (κ2) is 10.1. The van der Waals surface area contributed by atoms with Gasteiger partial charge in [0.05, 0.1) is 17.3 Å². The molecule has 0 aliphatic rings. The second-order valence-electron chi connectivity index (χ2n) is 8.47. The molecule has 0 spiro atoms. The van der Waals surface area contributed by atoms with Gasteiger partial charge in [0.2, 0.25) is 0 Å². The van der Waals surface area contributed by atoms with Crippen molar-refractivity contribution in [3.8, 4) is 28.1 Å². The molecule has 0 aliphatic carbocycles. The van der Waals surface area contributed by atoms with Crippen molar-refractivity contribution in [3.63, 3.8) is 0 Å². The van der Waals surface area contributed by atoms with E-state index < -0.39 is 0 Å². The Morgan fingerprint density at radius 2 is 1.41 bits per heavy atom. The maximum absolute atomic E-state index is 6.45. The second-order valence-corrected chi connectivity index (χ2v) is 8.91. The number of hydrogen-bond donors (Lipinski definition) is 1. The Labute approximate surface area is 219 Å². The van der Waals surface area contributed by atoms with Crippen LogP contribution in [0.4, 0.5) is 5.82 Å². The molecular weight excluding hydrogens is 478 g/mol. The lowest BCUT2D eigenvalue weighted by Gasteiger charge is -2.13. The van der Waals surface area contributed by atoms with Gasteiger partial charge in [-0.1, -0.05) is 109 Å². The summed E-state index contributed by atoms with van der Waals surface area (Å²) in [5, 5.41) is 6.02. The number of hydrogen-bond acceptors (Lipinski definition) is 4. The number of fused-ring (bicyclic) bond motifs is 1. The summed E-state index contributed by atoms with van der Waals surface area (Å²) in [5.74, 6) is 0.619. The van der Waals surface area contributed by atoms with Gasteiger partial charge in [-0.2, -0.15) is 5.10 Å². The molecule has 0 bridgehead atoms. The molecule has 0 saturated carbocycles. The van der Waals surface area contributed by atoms with Crippen molar-refractivity contribution in [2.45, 2.75) is 0 Å². The van der Waals surface area contributed by atoms with Crippen molar-refractivity contribution in [1.82, 2.24) is 14.5 Å². The number of nitrogens with zero attached hydrogens (tertiary/aromatic N) is 4. The van der Waals surface area contributed by atoms with Gasteiger partial charge in [0.15, 0.2) is 11.5 Å². The van der Waals surface area contributed by atoms with Crippen LogP contribution in [0.3, 0.4) is 0 Å². The van der Waals surface area contributed by atoms with E-state index in [-0.39, 0.29) is 0 Å². The maximum atomic E-state index is 6.45. The zero-order chi connectivity index (χ0) is 25.0. The zero-order valence-corrected chi connectivity index (χ0v) is 20.5. The van der Waals surface area contributed by atoms with E-state index in [0.717, 1.165) is 44.7 Å². The molecule has 2 heterocycles. The zero-order valence-electron chi connectivity index (χ0n) is 19.8. The maximum Gasteiger partial charge on any atom is 0.159 e. The predicted octanol–water partition coefficient (Wildman–Crippen LogP) is 7.85. The van der Waals surface area contributed by atoms with Crippen LogP contribution < -0.4 is 5.43 Å². The lowest BCUT2D eigenvalue weighted by molar-refractivity contribution is 1.08. The third kappa shape index (κ3) is 4.48. The Hall–Kier alpha value is -4.74. The average molecular weight is 500 g/mol. The summed E-state index contributed by atoms with van der Waals surface area (Å²) in [6, 6.07) is 38.4. The molecule has 0 aliphatic heterocycles. The number of rotatable bonds is 6.